The van der Waals surface area contributed by atoms with Crippen molar-refractivity contribution in [3.63, 3.8) is 0 Å². The van der Waals surface area contributed by atoms with Gasteiger partial charge in [-0.1, -0.05) is 0 Å². The van der Waals surface area contributed by atoms with Gasteiger partial charge < -0.3 is 14.2 Å². The molecule has 0 aromatic heterocycles. The van der Waals surface area contributed by atoms with Gasteiger partial charge in [0.25, 0.3) is 0 Å². The first-order valence-corrected chi connectivity index (χ1v) is 3.93. The number of ether oxygens (including phenoxy) is 3. The zero-order valence-corrected chi connectivity index (χ0v) is 7.13. The first-order valence-electron chi connectivity index (χ1n) is 3.93. The van der Waals surface area contributed by atoms with Crippen LogP contribution in [0, 0.1) is 6.10 Å². The molecule has 1 saturated heterocycles. The van der Waals surface area contributed by atoms with E-state index in [0.29, 0.717) is 6.79 Å². The first-order chi connectivity index (χ1) is 5.34. The van der Waals surface area contributed by atoms with E-state index in [9.17, 15) is 0 Å². The molecule has 11 heavy (non-hydrogen) atoms. The Morgan fingerprint density at radius 1 is 1.64 bits per heavy atom. The Morgan fingerprint density at radius 2 is 2.45 bits per heavy atom. The van der Waals surface area contributed by atoms with E-state index in [4.69, 9.17) is 14.2 Å². The summed E-state index contributed by atoms with van der Waals surface area (Å²) in [5, 5.41) is 0. The smallest absolute Gasteiger partial charge is 0.146 e. The number of hydrogen-bond acceptors (Lipinski definition) is 3. The maximum atomic E-state index is 5.35. The summed E-state index contributed by atoms with van der Waals surface area (Å²) in [6.45, 7) is 3.17. The summed E-state index contributed by atoms with van der Waals surface area (Å²) in [5.41, 5.74) is 0. The average molecular weight is 159 g/mol. The van der Waals surface area contributed by atoms with Gasteiger partial charge in [0, 0.05) is 13.7 Å². The third-order valence-corrected chi connectivity index (χ3v) is 1.74. The molecule has 0 bridgehead atoms. The van der Waals surface area contributed by atoms with Crippen LogP contribution in [0.5, 0.6) is 0 Å². The lowest BCUT2D eigenvalue weighted by molar-refractivity contribution is -0.0806. The van der Waals surface area contributed by atoms with Crippen molar-refractivity contribution < 1.29 is 14.2 Å². The standard InChI is InChI=1S/C8H15O3/c1-7(11-6-9-2)8-4-3-5-10-8/h7H,3-6H2,1-2H3. The van der Waals surface area contributed by atoms with E-state index in [1.165, 1.54) is 0 Å². The third kappa shape index (κ3) is 2.77. The van der Waals surface area contributed by atoms with Gasteiger partial charge in [-0.2, -0.15) is 0 Å². The third-order valence-electron chi connectivity index (χ3n) is 1.74. The molecule has 1 heterocycles. The van der Waals surface area contributed by atoms with Crippen LogP contribution in [0.25, 0.3) is 0 Å². The molecule has 1 atom stereocenters. The molecule has 1 rings (SSSR count). The maximum Gasteiger partial charge on any atom is 0.146 e. The normalized spacial score (nSPS) is 22.4. The second-order valence-electron chi connectivity index (χ2n) is 2.63. The van der Waals surface area contributed by atoms with Gasteiger partial charge in [-0.25, -0.2) is 0 Å². The lowest BCUT2D eigenvalue weighted by Gasteiger charge is -2.16. The van der Waals surface area contributed by atoms with E-state index >= 15 is 0 Å². The molecule has 1 fully saturated rings. The van der Waals surface area contributed by atoms with Crippen molar-refractivity contribution in [1.29, 1.82) is 0 Å². The van der Waals surface area contributed by atoms with E-state index < -0.39 is 0 Å². The number of rotatable bonds is 4. The first kappa shape index (κ1) is 8.97. The minimum absolute atomic E-state index is 0.0810. The highest BCUT2D eigenvalue weighted by atomic mass is 16.7. The SMILES string of the molecule is COCOC(C)[C]1CCCO1. The predicted octanol–water partition coefficient (Wildman–Crippen LogP) is 1.34. The lowest BCUT2D eigenvalue weighted by atomic mass is 10.1. The molecular formula is C8H15O3. The van der Waals surface area contributed by atoms with Crippen LogP contribution in [0.2, 0.25) is 0 Å². The summed E-state index contributed by atoms with van der Waals surface area (Å²) < 4.78 is 15.4. The molecule has 1 radical (unpaired) electrons. The van der Waals surface area contributed by atoms with Crippen molar-refractivity contribution in [1.82, 2.24) is 0 Å². The molecule has 0 N–H and O–H groups in total. The molecule has 0 aromatic carbocycles. The second-order valence-corrected chi connectivity index (χ2v) is 2.63. The molecule has 1 aliphatic rings. The zero-order chi connectivity index (χ0) is 8.10. The van der Waals surface area contributed by atoms with Crippen LogP contribution in [0.1, 0.15) is 19.8 Å². The fourth-order valence-corrected chi connectivity index (χ4v) is 1.11. The van der Waals surface area contributed by atoms with Crippen LogP contribution in [0.3, 0.4) is 0 Å². The minimum atomic E-state index is 0.0810. The van der Waals surface area contributed by atoms with Crippen molar-refractivity contribution in [3.05, 3.63) is 6.10 Å². The highest BCUT2D eigenvalue weighted by Crippen LogP contribution is 2.24. The van der Waals surface area contributed by atoms with Gasteiger partial charge in [0.15, 0.2) is 0 Å². The van der Waals surface area contributed by atoms with E-state index in [1.807, 2.05) is 6.92 Å². The maximum absolute atomic E-state index is 5.35. The molecule has 1 unspecified atom stereocenters. The van der Waals surface area contributed by atoms with Crippen LogP contribution in [0.4, 0.5) is 0 Å². The zero-order valence-electron chi connectivity index (χ0n) is 7.13. The Balaban J connectivity index is 2.12. The summed E-state index contributed by atoms with van der Waals surface area (Å²) in [5.74, 6) is 0. The van der Waals surface area contributed by atoms with Crippen molar-refractivity contribution in [3.8, 4) is 0 Å². The number of methoxy groups -OCH3 is 1. The van der Waals surface area contributed by atoms with Crippen molar-refractivity contribution in [2.24, 2.45) is 0 Å². The van der Waals surface area contributed by atoms with Crippen molar-refractivity contribution in [2.75, 3.05) is 20.5 Å². The molecule has 3 nitrogen and oxygen atoms in total. The fourth-order valence-electron chi connectivity index (χ4n) is 1.11. The topological polar surface area (TPSA) is 27.7 Å². The Kier molecular flexibility index (Phi) is 3.83. The second kappa shape index (κ2) is 4.70. The monoisotopic (exact) mass is 159 g/mol. The van der Waals surface area contributed by atoms with Crippen LogP contribution in [-0.2, 0) is 14.2 Å². The molecule has 0 aliphatic carbocycles. The van der Waals surface area contributed by atoms with Gasteiger partial charge in [0.05, 0.1) is 6.10 Å². The van der Waals surface area contributed by atoms with Crippen LogP contribution >= 0.6 is 0 Å². The van der Waals surface area contributed by atoms with E-state index in [-0.39, 0.29) is 6.10 Å². The summed E-state index contributed by atoms with van der Waals surface area (Å²) in [6, 6.07) is 0. The fraction of sp³-hybridized carbons (Fsp3) is 0.875. The Bertz CT molecular complexity index is 99.5. The molecule has 0 saturated carbocycles. The van der Waals surface area contributed by atoms with Gasteiger partial charge in [-0.15, -0.1) is 0 Å². The summed E-state index contributed by atoms with van der Waals surface area (Å²) in [4.78, 5) is 0. The number of hydrogen-bond donors (Lipinski definition) is 0. The Hall–Kier alpha value is -0.120. The molecule has 3 heteroatoms. The van der Waals surface area contributed by atoms with Gasteiger partial charge in [0.2, 0.25) is 0 Å². The molecule has 0 aromatic rings. The van der Waals surface area contributed by atoms with Crippen molar-refractivity contribution >= 4 is 0 Å². The highest BCUT2D eigenvalue weighted by molar-refractivity contribution is 4.89. The lowest BCUT2D eigenvalue weighted by Crippen LogP contribution is -2.18. The predicted molar refractivity (Wildman–Crippen MR) is 40.9 cm³/mol. The van der Waals surface area contributed by atoms with Gasteiger partial charge in [-0.3, -0.25) is 0 Å². The van der Waals surface area contributed by atoms with Gasteiger partial charge in [-0.05, 0) is 19.8 Å². The van der Waals surface area contributed by atoms with Crippen LogP contribution < -0.4 is 0 Å². The van der Waals surface area contributed by atoms with E-state index in [0.717, 1.165) is 25.6 Å². The average Bonchev–Trinajstić information content (AvgIpc) is 2.52. The Morgan fingerprint density at radius 3 is 3.00 bits per heavy atom. The van der Waals surface area contributed by atoms with E-state index in [2.05, 4.69) is 0 Å². The summed E-state index contributed by atoms with van der Waals surface area (Å²) in [6.07, 6.45) is 3.29. The summed E-state index contributed by atoms with van der Waals surface area (Å²) >= 11 is 0. The molecule has 65 valence electrons. The van der Waals surface area contributed by atoms with Gasteiger partial charge >= 0.3 is 0 Å². The Labute approximate surface area is 67.6 Å². The largest absolute Gasteiger partial charge is 0.369 e. The molecule has 0 spiro atoms. The van der Waals surface area contributed by atoms with Crippen LogP contribution in [0.15, 0.2) is 0 Å². The minimum Gasteiger partial charge on any atom is -0.369 e. The van der Waals surface area contributed by atoms with Gasteiger partial charge in [0.1, 0.15) is 12.9 Å². The quantitative estimate of drug-likeness (QED) is 0.579. The molecule has 0 amide bonds. The summed E-state index contributed by atoms with van der Waals surface area (Å²) in [7, 11) is 1.62. The molecular weight excluding hydrogens is 144 g/mol. The molecule has 1 aliphatic heterocycles. The van der Waals surface area contributed by atoms with E-state index in [1.54, 1.807) is 7.11 Å². The highest BCUT2D eigenvalue weighted by Gasteiger charge is 2.23. The van der Waals surface area contributed by atoms with Crippen LogP contribution in [-0.4, -0.2) is 26.6 Å². The van der Waals surface area contributed by atoms with Crippen molar-refractivity contribution in [2.45, 2.75) is 25.9 Å².